The van der Waals surface area contributed by atoms with E-state index < -0.39 is 11.9 Å². The van der Waals surface area contributed by atoms with E-state index >= 15 is 0 Å². The molecule has 35 heavy (non-hydrogen) atoms. The third kappa shape index (κ3) is 6.09. The first-order valence-corrected chi connectivity index (χ1v) is 12.9. The first-order valence-electron chi connectivity index (χ1n) is 12.0. The van der Waals surface area contributed by atoms with Crippen LogP contribution in [0.2, 0.25) is 0 Å². The Morgan fingerprint density at radius 2 is 1.86 bits per heavy atom. The number of carbonyl (C=O) groups is 2. The molecule has 1 unspecified atom stereocenters. The van der Waals surface area contributed by atoms with Gasteiger partial charge in [-0.15, -0.1) is 0 Å². The lowest BCUT2D eigenvalue weighted by Crippen LogP contribution is -2.47. The van der Waals surface area contributed by atoms with Gasteiger partial charge in [-0.25, -0.2) is 4.39 Å². The van der Waals surface area contributed by atoms with Gasteiger partial charge in [-0.3, -0.25) is 14.5 Å². The Kier molecular flexibility index (Phi) is 8.18. The Hall–Kier alpha value is -3.19. The van der Waals surface area contributed by atoms with Crippen molar-refractivity contribution in [1.29, 1.82) is 0 Å². The van der Waals surface area contributed by atoms with Crippen molar-refractivity contribution in [2.45, 2.75) is 57.5 Å². The monoisotopic (exact) mass is 494 g/mol. The van der Waals surface area contributed by atoms with Crippen molar-refractivity contribution in [1.82, 2.24) is 5.32 Å². The van der Waals surface area contributed by atoms with Crippen LogP contribution in [0.25, 0.3) is 0 Å². The number of carbonyl (C=O) groups excluding carboxylic acids is 2. The van der Waals surface area contributed by atoms with Crippen LogP contribution in [0.4, 0.5) is 10.1 Å². The topological polar surface area (TPSA) is 58.6 Å². The largest absolute Gasteiger partial charge is 0.495 e. The smallest absolute Gasteiger partial charge is 0.248 e. The summed E-state index contributed by atoms with van der Waals surface area (Å²) in [6.07, 6.45) is 5.27. The Bertz CT molecular complexity index is 1140. The minimum absolute atomic E-state index is 0.0624. The van der Waals surface area contributed by atoms with Crippen molar-refractivity contribution in [3.05, 3.63) is 81.8 Å². The first-order chi connectivity index (χ1) is 17.0. The molecule has 2 aromatic carbocycles. The summed E-state index contributed by atoms with van der Waals surface area (Å²) in [5.74, 6) is -0.414. The lowest BCUT2D eigenvalue weighted by atomic mass is 9.94. The summed E-state index contributed by atoms with van der Waals surface area (Å²) in [4.78, 5) is 29.3. The van der Waals surface area contributed by atoms with Gasteiger partial charge >= 0.3 is 0 Å². The van der Waals surface area contributed by atoms with Crippen LogP contribution < -0.4 is 15.0 Å². The van der Waals surface area contributed by atoms with Gasteiger partial charge in [0.15, 0.2) is 0 Å². The number of amides is 2. The number of methoxy groups -OCH3 is 1. The van der Waals surface area contributed by atoms with Crippen molar-refractivity contribution in [2.75, 3.05) is 12.0 Å². The number of anilines is 1. The number of thiophene rings is 1. The van der Waals surface area contributed by atoms with Crippen LogP contribution in [0.15, 0.2) is 59.3 Å². The second-order valence-corrected chi connectivity index (χ2v) is 9.83. The predicted octanol–water partition coefficient (Wildman–Crippen LogP) is 5.97. The SMILES string of the molecule is COc1ccc(C)cc1N(C(=O)Cc1ccsc1)C(C(=O)NC1CCCCC1)c1ccc(F)cc1. The molecule has 5 nitrogen and oxygen atoms in total. The molecule has 1 aliphatic carbocycles. The van der Waals surface area contributed by atoms with Crippen molar-refractivity contribution in [3.8, 4) is 5.75 Å². The zero-order valence-corrected chi connectivity index (χ0v) is 20.9. The van der Waals surface area contributed by atoms with E-state index in [0.29, 0.717) is 17.0 Å². The van der Waals surface area contributed by atoms with Crippen LogP contribution in [0, 0.1) is 12.7 Å². The molecule has 4 rings (SSSR count). The Morgan fingerprint density at radius 3 is 2.51 bits per heavy atom. The van der Waals surface area contributed by atoms with Gasteiger partial charge in [0.25, 0.3) is 0 Å². The van der Waals surface area contributed by atoms with Gasteiger partial charge in [0, 0.05) is 6.04 Å². The van der Waals surface area contributed by atoms with Crippen molar-refractivity contribution < 1.29 is 18.7 Å². The summed E-state index contributed by atoms with van der Waals surface area (Å²) in [5.41, 5.74) is 2.87. The summed E-state index contributed by atoms with van der Waals surface area (Å²) in [5, 5.41) is 7.04. The highest BCUT2D eigenvalue weighted by molar-refractivity contribution is 7.08. The maximum absolute atomic E-state index is 13.9. The average Bonchev–Trinajstić information content (AvgIpc) is 3.36. The van der Waals surface area contributed by atoms with Crippen LogP contribution in [0.5, 0.6) is 5.75 Å². The van der Waals surface area contributed by atoms with Crippen molar-refractivity contribution in [3.63, 3.8) is 0 Å². The van der Waals surface area contributed by atoms with E-state index in [1.807, 2.05) is 35.9 Å². The fourth-order valence-electron chi connectivity index (χ4n) is 4.65. The van der Waals surface area contributed by atoms with Crippen LogP contribution >= 0.6 is 11.3 Å². The molecular formula is C28H31FN2O3S. The minimum Gasteiger partial charge on any atom is -0.495 e. The quantitative estimate of drug-likeness (QED) is 0.420. The number of benzene rings is 2. The third-order valence-electron chi connectivity index (χ3n) is 6.44. The van der Waals surface area contributed by atoms with E-state index in [0.717, 1.165) is 36.8 Å². The molecule has 1 fully saturated rings. The van der Waals surface area contributed by atoms with E-state index in [4.69, 9.17) is 4.74 Å². The number of rotatable bonds is 8. The molecule has 184 valence electrons. The highest BCUT2D eigenvalue weighted by atomic mass is 32.1. The summed E-state index contributed by atoms with van der Waals surface area (Å²) in [6.45, 7) is 1.93. The van der Waals surface area contributed by atoms with Gasteiger partial charge in [0.05, 0.1) is 19.2 Å². The van der Waals surface area contributed by atoms with Crippen LogP contribution in [-0.4, -0.2) is 25.0 Å². The third-order valence-corrected chi connectivity index (χ3v) is 7.17. The van der Waals surface area contributed by atoms with Crippen molar-refractivity contribution in [2.24, 2.45) is 0 Å². The molecule has 3 aromatic rings. The molecule has 1 aliphatic rings. The van der Waals surface area contributed by atoms with Crippen LogP contribution in [0.1, 0.15) is 54.8 Å². The number of ether oxygens (including phenoxy) is 1. The van der Waals surface area contributed by atoms with E-state index in [-0.39, 0.29) is 24.3 Å². The minimum atomic E-state index is -0.973. The molecule has 1 aromatic heterocycles. The second-order valence-electron chi connectivity index (χ2n) is 9.05. The zero-order chi connectivity index (χ0) is 24.8. The number of aryl methyl sites for hydroxylation is 1. The van der Waals surface area contributed by atoms with E-state index in [1.54, 1.807) is 25.3 Å². The van der Waals surface area contributed by atoms with Gasteiger partial charge in [0.1, 0.15) is 17.6 Å². The Balaban J connectivity index is 1.80. The fourth-order valence-corrected chi connectivity index (χ4v) is 5.32. The van der Waals surface area contributed by atoms with Gasteiger partial charge < -0.3 is 10.1 Å². The number of hydrogen-bond acceptors (Lipinski definition) is 4. The van der Waals surface area contributed by atoms with Gasteiger partial charge in [-0.05, 0) is 77.5 Å². The molecule has 2 amide bonds. The first kappa shape index (κ1) is 24.9. The Morgan fingerprint density at radius 1 is 1.11 bits per heavy atom. The lowest BCUT2D eigenvalue weighted by molar-refractivity contribution is -0.127. The molecule has 0 bridgehead atoms. The van der Waals surface area contributed by atoms with Crippen LogP contribution in [-0.2, 0) is 16.0 Å². The summed E-state index contributed by atoms with van der Waals surface area (Å²) >= 11 is 1.52. The maximum Gasteiger partial charge on any atom is 0.248 e. The van der Waals surface area contributed by atoms with Gasteiger partial charge in [-0.2, -0.15) is 11.3 Å². The molecule has 1 N–H and O–H groups in total. The molecule has 1 saturated carbocycles. The molecular weight excluding hydrogens is 463 g/mol. The van der Waals surface area contributed by atoms with Crippen molar-refractivity contribution >= 4 is 28.8 Å². The molecule has 1 heterocycles. The summed E-state index contributed by atoms with van der Waals surface area (Å²) in [7, 11) is 1.55. The highest BCUT2D eigenvalue weighted by Crippen LogP contribution is 2.37. The normalized spacial score (nSPS) is 14.8. The molecule has 0 spiro atoms. The molecule has 0 radical (unpaired) electrons. The Labute approximate surface area is 209 Å². The molecule has 1 atom stereocenters. The lowest BCUT2D eigenvalue weighted by Gasteiger charge is -2.34. The predicted molar refractivity (Wildman–Crippen MR) is 137 cm³/mol. The average molecular weight is 495 g/mol. The highest BCUT2D eigenvalue weighted by Gasteiger charge is 2.35. The van der Waals surface area contributed by atoms with Gasteiger partial charge in [0.2, 0.25) is 11.8 Å². The van der Waals surface area contributed by atoms with E-state index in [1.165, 1.54) is 34.8 Å². The summed E-state index contributed by atoms with van der Waals surface area (Å²) < 4.78 is 19.4. The number of nitrogens with zero attached hydrogens (tertiary/aromatic N) is 1. The molecule has 7 heteroatoms. The summed E-state index contributed by atoms with van der Waals surface area (Å²) in [6, 6.07) is 12.4. The van der Waals surface area contributed by atoms with E-state index in [9.17, 15) is 14.0 Å². The number of halogens is 1. The van der Waals surface area contributed by atoms with E-state index in [2.05, 4.69) is 5.32 Å². The zero-order valence-electron chi connectivity index (χ0n) is 20.1. The number of nitrogens with one attached hydrogen (secondary N) is 1. The van der Waals surface area contributed by atoms with Gasteiger partial charge in [-0.1, -0.05) is 37.5 Å². The molecule has 0 saturated heterocycles. The maximum atomic E-state index is 13.9. The van der Waals surface area contributed by atoms with Crippen LogP contribution in [0.3, 0.4) is 0 Å². The number of hydrogen-bond donors (Lipinski definition) is 1. The fraction of sp³-hybridized carbons (Fsp3) is 0.357. The molecule has 0 aliphatic heterocycles. The second kappa shape index (κ2) is 11.5. The standard InChI is InChI=1S/C28H31FN2O3S/c1-19-8-13-25(34-2)24(16-19)31(26(32)17-20-14-15-35-18-20)27(21-9-11-22(29)12-10-21)28(33)30-23-6-4-3-5-7-23/h8-16,18,23,27H,3-7,17H2,1-2H3,(H,30,33).